The predicted molar refractivity (Wildman–Crippen MR) is 81.9 cm³/mol. The molecule has 0 spiro atoms. The van der Waals surface area contributed by atoms with E-state index < -0.39 is 0 Å². The van der Waals surface area contributed by atoms with Gasteiger partial charge in [-0.15, -0.1) is 0 Å². The van der Waals surface area contributed by atoms with Gasteiger partial charge in [-0.3, -0.25) is 4.79 Å². The minimum atomic E-state index is -0.336. The van der Waals surface area contributed by atoms with Gasteiger partial charge in [0.05, 0.1) is 17.7 Å². The Morgan fingerprint density at radius 3 is 3.00 bits per heavy atom. The summed E-state index contributed by atoms with van der Waals surface area (Å²) in [7, 11) is 0. The molecule has 1 unspecified atom stereocenters. The summed E-state index contributed by atoms with van der Waals surface area (Å²) >= 11 is 3.53. The molecule has 110 valence electrons. The fourth-order valence-corrected chi connectivity index (χ4v) is 2.88. The third-order valence-electron chi connectivity index (χ3n) is 3.09. The lowest BCUT2D eigenvalue weighted by atomic mass is 10.2. The number of carbonyl (C=O) groups excluding carboxylic acids is 1. The molecule has 0 bridgehead atoms. The van der Waals surface area contributed by atoms with Gasteiger partial charge in [0.1, 0.15) is 11.9 Å². The van der Waals surface area contributed by atoms with E-state index in [9.17, 15) is 4.79 Å². The molecule has 2 heterocycles. The number of aryl methyl sites for hydroxylation is 1. The molecular formula is C14H20BrN3O2. The summed E-state index contributed by atoms with van der Waals surface area (Å²) < 4.78 is 6.36. The number of nitrogens with zero attached hydrogens (tertiary/aromatic N) is 2. The number of hydrogen-bond acceptors (Lipinski definition) is 4. The number of halogens is 1. The molecule has 1 aliphatic rings. The van der Waals surface area contributed by atoms with Crippen molar-refractivity contribution in [1.82, 2.24) is 10.3 Å². The van der Waals surface area contributed by atoms with Crippen LogP contribution in [0.4, 0.5) is 5.82 Å². The first kappa shape index (κ1) is 15.3. The molecule has 1 aromatic heterocycles. The molecule has 5 nitrogen and oxygen atoms in total. The number of ether oxygens (including phenoxy) is 1. The average molecular weight is 342 g/mol. The minimum absolute atomic E-state index is 0.0195. The maximum atomic E-state index is 12.3. The average Bonchev–Trinajstić information content (AvgIpc) is 2.38. The van der Waals surface area contributed by atoms with Gasteiger partial charge in [-0.1, -0.05) is 0 Å². The highest BCUT2D eigenvalue weighted by Gasteiger charge is 2.31. The topological polar surface area (TPSA) is 54.5 Å². The Labute approximate surface area is 127 Å². The third kappa shape index (κ3) is 3.49. The molecule has 1 N–H and O–H groups in total. The molecule has 0 aliphatic carbocycles. The van der Waals surface area contributed by atoms with Crippen LogP contribution in [0, 0.1) is 6.92 Å². The number of rotatable bonds is 3. The largest absolute Gasteiger partial charge is 0.377 e. The van der Waals surface area contributed by atoms with Crippen LogP contribution in [0.3, 0.4) is 0 Å². The molecule has 1 amide bonds. The van der Waals surface area contributed by atoms with Crippen molar-refractivity contribution in [2.24, 2.45) is 0 Å². The van der Waals surface area contributed by atoms with Crippen LogP contribution >= 0.6 is 15.9 Å². The number of morpholine rings is 1. The molecule has 1 aliphatic heterocycles. The number of anilines is 1. The van der Waals surface area contributed by atoms with Gasteiger partial charge in [0.15, 0.2) is 0 Å². The number of hydrogen-bond donors (Lipinski definition) is 1. The van der Waals surface area contributed by atoms with Crippen LogP contribution in [-0.2, 0) is 9.53 Å². The highest BCUT2D eigenvalue weighted by atomic mass is 79.9. The van der Waals surface area contributed by atoms with Crippen LogP contribution in [0.25, 0.3) is 0 Å². The number of nitrogens with one attached hydrogen (secondary N) is 1. The van der Waals surface area contributed by atoms with E-state index in [1.807, 2.05) is 37.9 Å². The zero-order valence-electron chi connectivity index (χ0n) is 12.0. The minimum Gasteiger partial charge on any atom is -0.377 e. The van der Waals surface area contributed by atoms with Gasteiger partial charge in [-0.25, -0.2) is 4.98 Å². The number of carbonyl (C=O) groups is 1. The second-order valence-corrected chi connectivity index (χ2v) is 6.12. The standard InChI is InChI=1S/C14H20BrN3O2/c1-9(2)17-14(19)12-8-20-5-4-18(12)13-11(15)6-10(3)7-16-13/h6-7,9,12H,4-5,8H2,1-3H3,(H,17,19). The van der Waals surface area contributed by atoms with Crippen LogP contribution < -0.4 is 10.2 Å². The molecule has 0 saturated carbocycles. The maximum Gasteiger partial charge on any atom is 0.245 e. The zero-order valence-corrected chi connectivity index (χ0v) is 13.6. The molecule has 1 aromatic rings. The third-order valence-corrected chi connectivity index (χ3v) is 3.68. The number of pyridine rings is 1. The van der Waals surface area contributed by atoms with Crippen LogP contribution in [0.15, 0.2) is 16.7 Å². The Morgan fingerprint density at radius 1 is 1.60 bits per heavy atom. The van der Waals surface area contributed by atoms with Gasteiger partial charge in [-0.05, 0) is 48.3 Å². The highest BCUT2D eigenvalue weighted by Crippen LogP contribution is 2.27. The molecule has 0 aromatic carbocycles. The van der Waals surface area contributed by atoms with Gasteiger partial charge in [0, 0.05) is 18.8 Å². The Morgan fingerprint density at radius 2 is 2.35 bits per heavy atom. The molecule has 1 atom stereocenters. The van der Waals surface area contributed by atoms with Crippen molar-refractivity contribution < 1.29 is 9.53 Å². The molecule has 20 heavy (non-hydrogen) atoms. The van der Waals surface area contributed by atoms with Crippen molar-refractivity contribution in [3.05, 3.63) is 22.3 Å². The van der Waals surface area contributed by atoms with E-state index in [1.165, 1.54) is 0 Å². The molecule has 1 saturated heterocycles. The summed E-state index contributed by atoms with van der Waals surface area (Å²) in [4.78, 5) is 18.8. The first-order chi connectivity index (χ1) is 9.49. The van der Waals surface area contributed by atoms with Gasteiger partial charge in [0.25, 0.3) is 0 Å². The van der Waals surface area contributed by atoms with Crippen LogP contribution in [-0.4, -0.2) is 42.7 Å². The Balaban J connectivity index is 2.24. The normalized spacial score (nSPS) is 19.2. The van der Waals surface area contributed by atoms with Gasteiger partial charge in [-0.2, -0.15) is 0 Å². The molecular weight excluding hydrogens is 322 g/mol. The van der Waals surface area contributed by atoms with Crippen LogP contribution in [0.1, 0.15) is 19.4 Å². The Kier molecular flexibility index (Phi) is 4.99. The summed E-state index contributed by atoms with van der Waals surface area (Å²) in [5.74, 6) is 0.775. The van der Waals surface area contributed by atoms with Crippen LogP contribution in [0.2, 0.25) is 0 Å². The first-order valence-electron chi connectivity index (χ1n) is 6.76. The molecule has 2 rings (SSSR count). The van der Waals surface area contributed by atoms with Crippen LogP contribution in [0.5, 0.6) is 0 Å². The van der Waals surface area contributed by atoms with Gasteiger partial charge in [0.2, 0.25) is 5.91 Å². The maximum absolute atomic E-state index is 12.3. The lowest BCUT2D eigenvalue weighted by Gasteiger charge is -2.36. The summed E-state index contributed by atoms with van der Waals surface area (Å²) in [6, 6.07) is 1.79. The van der Waals surface area contributed by atoms with Crippen molar-refractivity contribution in [3.63, 3.8) is 0 Å². The van der Waals surface area contributed by atoms with E-state index in [1.54, 1.807) is 0 Å². The van der Waals surface area contributed by atoms with E-state index in [4.69, 9.17) is 4.74 Å². The van der Waals surface area contributed by atoms with E-state index >= 15 is 0 Å². The second kappa shape index (κ2) is 6.54. The summed E-state index contributed by atoms with van der Waals surface area (Å²) in [6.45, 7) is 7.54. The Bertz CT molecular complexity index is 493. The van der Waals surface area contributed by atoms with Crippen molar-refractivity contribution in [1.29, 1.82) is 0 Å². The number of amides is 1. The molecule has 1 fully saturated rings. The fourth-order valence-electron chi connectivity index (χ4n) is 2.19. The van der Waals surface area contributed by atoms with Crippen molar-refractivity contribution >= 4 is 27.7 Å². The van der Waals surface area contributed by atoms with E-state index in [2.05, 4.69) is 26.2 Å². The van der Waals surface area contributed by atoms with E-state index in [0.717, 1.165) is 15.9 Å². The van der Waals surface area contributed by atoms with Crippen molar-refractivity contribution in [2.45, 2.75) is 32.9 Å². The summed E-state index contributed by atoms with van der Waals surface area (Å²) in [5.41, 5.74) is 1.08. The van der Waals surface area contributed by atoms with Crippen molar-refractivity contribution in [2.75, 3.05) is 24.7 Å². The SMILES string of the molecule is Cc1cnc(N2CCOCC2C(=O)NC(C)C)c(Br)c1. The smallest absolute Gasteiger partial charge is 0.245 e. The lowest BCUT2D eigenvalue weighted by molar-refractivity contribution is -0.125. The monoisotopic (exact) mass is 341 g/mol. The molecule has 6 heteroatoms. The quantitative estimate of drug-likeness (QED) is 0.911. The van der Waals surface area contributed by atoms with Gasteiger partial charge < -0.3 is 15.0 Å². The highest BCUT2D eigenvalue weighted by molar-refractivity contribution is 9.10. The second-order valence-electron chi connectivity index (χ2n) is 5.27. The fraction of sp³-hybridized carbons (Fsp3) is 0.571. The number of aromatic nitrogens is 1. The first-order valence-corrected chi connectivity index (χ1v) is 7.55. The van der Waals surface area contributed by atoms with Crippen molar-refractivity contribution in [3.8, 4) is 0 Å². The lowest BCUT2D eigenvalue weighted by Crippen LogP contribution is -2.55. The Hall–Kier alpha value is -1.14. The summed E-state index contributed by atoms with van der Waals surface area (Å²) in [6.07, 6.45) is 1.81. The van der Waals surface area contributed by atoms with E-state index in [0.29, 0.717) is 19.8 Å². The zero-order chi connectivity index (χ0) is 14.7. The van der Waals surface area contributed by atoms with Gasteiger partial charge >= 0.3 is 0 Å². The molecule has 0 radical (unpaired) electrons. The predicted octanol–water partition coefficient (Wildman–Crippen LogP) is 1.88. The van der Waals surface area contributed by atoms with E-state index in [-0.39, 0.29) is 18.0 Å². The summed E-state index contributed by atoms with van der Waals surface area (Å²) in [5, 5.41) is 2.94.